The fraction of sp³-hybridized carbons (Fsp3) is 1.00. The van der Waals surface area contributed by atoms with Crippen LogP contribution in [0.4, 0.5) is 0 Å². The van der Waals surface area contributed by atoms with Gasteiger partial charge in [0, 0.05) is 19.9 Å². The number of hydrogen-bond donors (Lipinski definition) is 3. The van der Waals surface area contributed by atoms with Gasteiger partial charge in [-0.1, -0.05) is 72.6 Å². The third-order valence-electron chi connectivity index (χ3n) is 7.82. The fourth-order valence-corrected chi connectivity index (χ4v) is 5.69. The Balaban J connectivity index is 4.07. The number of phosphoric acid groups is 1. The maximum absolute atomic E-state index is 11.4. The fourth-order valence-electron chi connectivity index (χ4n) is 4.89. The summed E-state index contributed by atoms with van der Waals surface area (Å²) in [5.41, 5.74) is 0.456. The summed E-state index contributed by atoms with van der Waals surface area (Å²) in [5.74, 6) is 0. The van der Waals surface area contributed by atoms with Crippen molar-refractivity contribution in [3.63, 3.8) is 0 Å². The molecule has 8 nitrogen and oxygen atoms in total. The van der Waals surface area contributed by atoms with Crippen molar-refractivity contribution in [2.45, 2.75) is 118 Å². The topological polar surface area (TPSA) is 123 Å². The highest BCUT2D eigenvalue weighted by atomic mass is 31.2. The minimum atomic E-state index is -4.36. The van der Waals surface area contributed by atoms with Crippen molar-refractivity contribution < 1.29 is 37.6 Å². The number of unbranched alkanes of at least 4 members (excludes halogenated alkanes) is 3. The van der Waals surface area contributed by atoms with Crippen LogP contribution < -0.4 is 0 Å². The first kappa shape index (κ1) is 35.2. The molecule has 3 N–H and O–H groups in total. The Bertz CT molecular complexity index is 609. The molecule has 0 rings (SSSR count). The summed E-state index contributed by atoms with van der Waals surface area (Å²) in [6.07, 6.45) is 14.3. The van der Waals surface area contributed by atoms with E-state index in [0.29, 0.717) is 13.0 Å². The molecule has 0 fully saturated rings. The molecule has 212 valence electrons. The van der Waals surface area contributed by atoms with E-state index in [1.807, 2.05) is 0 Å². The van der Waals surface area contributed by atoms with Gasteiger partial charge in [-0.25, -0.2) is 4.57 Å². The van der Waals surface area contributed by atoms with Crippen LogP contribution in [0.2, 0.25) is 0 Å². The van der Waals surface area contributed by atoms with Crippen LogP contribution in [0.15, 0.2) is 0 Å². The molecule has 0 saturated carbocycles. The summed E-state index contributed by atoms with van der Waals surface area (Å²) in [6.45, 7) is 12.1. The molecule has 0 aliphatic heterocycles. The van der Waals surface area contributed by atoms with Gasteiger partial charge in [-0.2, -0.15) is 0 Å². The molecule has 0 aromatic carbocycles. The summed E-state index contributed by atoms with van der Waals surface area (Å²) >= 11 is 0. The lowest BCUT2D eigenvalue weighted by Crippen LogP contribution is -2.21. The normalized spacial score (nSPS) is 14.9. The van der Waals surface area contributed by atoms with E-state index in [0.717, 1.165) is 96.7 Å². The molecule has 35 heavy (non-hydrogen) atoms. The summed E-state index contributed by atoms with van der Waals surface area (Å²) in [6, 6.07) is 0. The Hall–Kier alpha value is 0.220. The molecular weight excluding hydrogens is 490 g/mol. The first-order chi connectivity index (χ1) is 16.4. The summed E-state index contributed by atoms with van der Waals surface area (Å²) in [7, 11) is -7.76. The van der Waals surface area contributed by atoms with Crippen molar-refractivity contribution in [3.05, 3.63) is 0 Å². The van der Waals surface area contributed by atoms with E-state index >= 15 is 0 Å². The lowest BCUT2D eigenvalue weighted by molar-refractivity contribution is 0.110. The van der Waals surface area contributed by atoms with Crippen LogP contribution in [0.5, 0.6) is 0 Å². The van der Waals surface area contributed by atoms with E-state index < -0.39 is 15.4 Å². The summed E-state index contributed by atoms with van der Waals surface area (Å²) in [4.78, 5) is 26.9. The molecule has 0 aromatic heterocycles. The molecule has 1 unspecified atom stereocenters. The van der Waals surface area contributed by atoms with Crippen molar-refractivity contribution in [1.82, 2.24) is 0 Å². The molecule has 0 heterocycles. The monoisotopic (exact) mass is 544 g/mol. The van der Waals surface area contributed by atoms with Crippen molar-refractivity contribution in [2.24, 2.45) is 10.8 Å². The zero-order valence-electron chi connectivity index (χ0n) is 23.0. The highest BCUT2D eigenvalue weighted by Gasteiger charge is 2.27. The second kappa shape index (κ2) is 18.5. The van der Waals surface area contributed by atoms with E-state index in [4.69, 9.17) is 19.0 Å². The molecule has 0 bridgehead atoms. The summed E-state index contributed by atoms with van der Waals surface area (Å²) in [5, 5.41) is 0. The Morgan fingerprint density at radius 3 is 1.34 bits per heavy atom. The number of ether oxygens (including phenoxy) is 1. The van der Waals surface area contributed by atoms with E-state index in [1.54, 1.807) is 0 Å². The lowest BCUT2D eigenvalue weighted by atomic mass is 9.74. The maximum Gasteiger partial charge on any atom is 0.469 e. The Morgan fingerprint density at radius 2 is 0.971 bits per heavy atom. The van der Waals surface area contributed by atoms with Gasteiger partial charge in [0.1, 0.15) is 0 Å². The van der Waals surface area contributed by atoms with Gasteiger partial charge >= 0.3 is 15.4 Å². The average Bonchev–Trinajstić information content (AvgIpc) is 2.79. The number of hydrogen-bond acceptors (Lipinski definition) is 5. The van der Waals surface area contributed by atoms with Gasteiger partial charge in [-0.3, -0.25) is 9.09 Å². The molecule has 1 atom stereocenters. The third-order valence-corrected chi connectivity index (χ3v) is 9.00. The molecule has 0 spiro atoms. The average molecular weight is 545 g/mol. The molecule has 0 saturated heterocycles. The van der Waals surface area contributed by atoms with Crippen LogP contribution in [-0.2, 0) is 22.9 Å². The van der Waals surface area contributed by atoms with Crippen LogP contribution in [-0.4, -0.2) is 47.8 Å². The van der Waals surface area contributed by atoms with Crippen LogP contribution in [0.3, 0.4) is 0 Å². The number of phosphoric ester groups is 1. The van der Waals surface area contributed by atoms with Crippen LogP contribution >= 0.6 is 15.4 Å². The van der Waals surface area contributed by atoms with Crippen molar-refractivity contribution in [1.29, 1.82) is 0 Å². The van der Waals surface area contributed by atoms with Crippen LogP contribution in [0.25, 0.3) is 0 Å². The second-order valence-electron chi connectivity index (χ2n) is 10.1. The second-order valence-corrected chi connectivity index (χ2v) is 13.2. The first-order valence-corrected chi connectivity index (χ1v) is 17.1. The highest BCUT2D eigenvalue weighted by molar-refractivity contribution is 7.51. The maximum atomic E-state index is 11.4. The van der Waals surface area contributed by atoms with Gasteiger partial charge in [0.15, 0.2) is 0 Å². The predicted octanol–water partition coefficient (Wildman–Crippen LogP) is 7.46. The predicted molar refractivity (Wildman–Crippen MR) is 143 cm³/mol. The van der Waals surface area contributed by atoms with Gasteiger partial charge in [0.2, 0.25) is 0 Å². The van der Waals surface area contributed by atoms with Gasteiger partial charge in [0.05, 0.1) is 13.2 Å². The molecule has 0 aromatic rings. The van der Waals surface area contributed by atoms with Gasteiger partial charge < -0.3 is 23.9 Å². The number of rotatable bonds is 24. The van der Waals surface area contributed by atoms with E-state index in [2.05, 4.69) is 32.2 Å². The van der Waals surface area contributed by atoms with Crippen molar-refractivity contribution in [3.8, 4) is 0 Å². The largest absolute Gasteiger partial charge is 0.469 e. The summed E-state index contributed by atoms with van der Waals surface area (Å²) < 4.78 is 37.7. The van der Waals surface area contributed by atoms with Gasteiger partial charge in [0.25, 0.3) is 0 Å². The third kappa shape index (κ3) is 18.2. The highest BCUT2D eigenvalue weighted by Crippen LogP contribution is 2.41. The Morgan fingerprint density at radius 1 is 0.571 bits per heavy atom. The molecule has 10 heteroatoms. The first-order valence-electron chi connectivity index (χ1n) is 13.6. The Kier molecular flexibility index (Phi) is 18.6. The molecular formula is C25H54O8P2. The SMILES string of the molecule is CCC(CC)(CCCCOCCCCC(CC)(CC)CCOP(C)(=O)O)CCCCOP(=O)(O)O. The van der Waals surface area contributed by atoms with E-state index in [-0.39, 0.29) is 17.4 Å². The van der Waals surface area contributed by atoms with E-state index in [1.165, 1.54) is 6.66 Å². The zero-order valence-corrected chi connectivity index (χ0v) is 24.8. The lowest BCUT2D eigenvalue weighted by Gasteiger charge is -2.32. The van der Waals surface area contributed by atoms with Crippen molar-refractivity contribution in [2.75, 3.05) is 33.1 Å². The zero-order chi connectivity index (χ0) is 26.8. The standard InChI is InChI=1S/C25H54O8P2/c1-6-24(7-2,17-12-15-22-33-35(28,29)30)16-10-13-20-31-21-14-11-18-25(8-3,9-4)19-23-32-34(5,26)27/h6-23H2,1-5H3,(H,26,27)(H2,28,29,30). The van der Waals surface area contributed by atoms with Crippen LogP contribution in [0, 0.1) is 10.8 Å². The molecule has 0 amide bonds. The minimum Gasteiger partial charge on any atom is -0.381 e. The minimum absolute atomic E-state index is 0.108. The van der Waals surface area contributed by atoms with Gasteiger partial charge in [-0.05, 0) is 55.8 Å². The van der Waals surface area contributed by atoms with Crippen LogP contribution in [0.1, 0.15) is 118 Å². The Labute approximate surface area is 214 Å². The molecule has 0 radical (unpaired) electrons. The molecule has 0 aliphatic carbocycles. The van der Waals surface area contributed by atoms with Crippen molar-refractivity contribution >= 4 is 15.4 Å². The quantitative estimate of drug-likeness (QED) is 0.0845. The molecule has 0 aliphatic rings. The van der Waals surface area contributed by atoms with Gasteiger partial charge in [-0.15, -0.1) is 0 Å². The van der Waals surface area contributed by atoms with E-state index in [9.17, 15) is 14.0 Å². The smallest absolute Gasteiger partial charge is 0.381 e.